The number of carbonyl (C=O) groups is 1. The Hall–Kier alpha value is -3.29. The first-order valence-corrected chi connectivity index (χ1v) is 36.0. The van der Waals surface area contributed by atoms with E-state index in [4.69, 9.17) is 28.4 Å². The first-order chi connectivity index (χ1) is 45.3. The van der Waals surface area contributed by atoms with E-state index in [1.807, 2.05) is 6.08 Å². The van der Waals surface area contributed by atoms with Crippen LogP contribution in [0.2, 0.25) is 0 Å². The van der Waals surface area contributed by atoms with E-state index < -0.39 is 124 Å². The number of nitrogens with one attached hydrogen (secondary N) is 1. The highest BCUT2D eigenvalue weighted by atomic mass is 16.8. The number of aliphatic hydroxyl groups is 11. The number of aliphatic hydroxyl groups excluding tert-OH is 11. The monoisotopic (exact) mass is 1320 g/mol. The van der Waals surface area contributed by atoms with Crippen LogP contribution in [0.3, 0.4) is 0 Å². The molecule has 17 atom stereocenters. The minimum absolute atomic E-state index is 0.220. The van der Waals surface area contributed by atoms with Crippen LogP contribution in [0.4, 0.5) is 0 Å². The number of hydrogen-bond acceptors (Lipinski definition) is 18. The SMILES string of the molecule is CC/C=C\C/C=C\C/C=C\C/C=C\C/C=C\C/C=C\CCCCCCCCCCC(=O)NC(COC1OC(CO)C(OC2OC(CO)C(OC3OC(CO)C(O)C(O)C3O)C(O)C2O)C(O)C1O)C(O)/C=C/CC/C=C/CCCCCCCCCCCCCCCCC. The van der Waals surface area contributed by atoms with Gasteiger partial charge in [0, 0.05) is 6.42 Å². The van der Waals surface area contributed by atoms with Crippen molar-refractivity contribution in [3.8, 4) is 0 Å². The fourth-order valence-electron chi connectivity index (χ4n) is 11.6. The zero-order valence-corrected chi connectivity index (χ0v) is 56.7. The van der Waals surface area contributed by atoms with Gasteiger partial charge in [-0.25, -0.2) is 0 Å². The molecule has 3 aliphatic rings. The van der Waals surface area contributed by atoms with Crippen molar-refractivity contribution < 1.29 is 89.4 Å². The summed E-state index contributed by atoms with van der Waals surface area (Å²) in [7, 11) is 0. The van der Waals surface area contributed by atoms with Crippen LogP contribution in [0, 0.1) is 0 Å². The van der Waals surface area contributed by atoms with Crippen molar-refractivity contribution in [1.29, 1.82) is 0 Å². The molecular weight excluding hydrogens is 1190 g/mol. The summed E-state index contributed by atoms with van der Waals surface area (Å²) in [6, 6.07) is -1.00. The molecule has 0 aromatic rings. The highest BCUT2D eigenvalue weighted by Crippen LogP contribution is 2.33. The number of amides is 1. The molecule has 0 spiro atoms. The van der Waals surface area contributed by atoms with E-state index in [0.717, 1.165) is 103 Å². The second kappa shape index (κ2) is 54.7. The topological polar surface area (TPSA) is 307 Å². The largest absolute Gasteiger partial charge is 0.394 e. The summed E-state index contributed by atoms with van der Waals surface area (Å²) in [5.74, 6) is -0.297. The smallest absolute Gasteiger partial charge is 0.220 e. The zero-order chi connectivity index (χ0) is 67.5. The minimum atomic E-state index is -1.99. The van der Waals surface area contributed by atoms with E-state index in [1.54, 1.807) is 6.08 Å². The Kier molecular flexibility index (Phi) is 49.4. The Balaban J connectivity index is 1.44. The standard InChI is InChI=1S/C74H127NO18/c1-3-5-7-9-11-13-15-17-19-21-23-25-26-27-28-29-30-32-34-36-38-40-42-44-46-48-50-52-62(80)75-57(58(79)51-49-47-45-43-41-39-37-35-33-31-24-22-20-18-16-14-12-10-8-6-4-2)56-88-72-68(86)65(83)70(60(54-77)90-72)93-74-69(87)66(84)71(61(55-78)91-74)92-73-67(85)64(82)63(81)59(53-76)89-73/h5,7,11,13,17,19,23,25,27-28,30,32,41,43,49,51,57-61,63-74,76-79,81-87H,3-4,6,8-10,12,14-16,18,20-22,24,26,29,31,33-40,42,44-48,50,52-56H2,1-2H3,(H,75,80)/b7-5-,13-11-,19-17-,25-23-,28-27-,32-30-,43-41+,51-49+. The van der Waals surface area contributed by atoms with Crippen molar-refractivity contribution in [2.45, 2.75) is 336 Å². The summed E-state index contributed by atoms with van der Waals surface area (Å²) in [5, 5.41) is 121. The number of hydrogen-bond donors (Lipinski definition) is 12. The molecule has 3 heterocycles. The highest BCUT2D eigenvalue weighted by molar-refractivity contribution is 5.76. The van der Waals surface area contributed by atoms with E-state index >= 15 is 0 Å². The van der Waals surface area contributed by atoms with Crippen molar-refractivity contribution in [2.24, 2.45) is 0 Å². The maximum Gasteiger partial charge on any atom is 0.220 e. The maximum absolute atomic E-state index is 13.4. The molecule has 0 aromatic carbocycles. The van der Waals surface area contributed by atoms with Gasteiger partial charge in [0.05, 0.1) is 38.6 Å². The number of allylic oxidation sites excluding steroid dienone is 15. The number of rotatable bonds is 54. The number of carbonyl (C=O) groups excluding carboxylic acids is 1. The summed E-state index contributed by atoms with van der Waals surface area (Å²) < 4.78 is 34.3. The summed E-state index contributed by atoms with van der Waals surface area (Å²) in [4.78, 5) is 13.4. The lowest BCUT2D eigenvalue weighted by Gasteiger charge is -2.48. The maximum atomic E-state index is 13.4. The van der Waals surface area contributed by atoms with Crippen molar-refractivity contribution in [3.63, 3.8) is 0 Å². The predicted octanol–water partition coefficient (Wildman–Crippen LogP) is 10.0. The molecule has 0 saturated carbocycles. The lowest BCUT2D eigenvalue weighted by molar-refractivity contribution is -0.379. The predicted molar refractivity (Wildman–Crippen MR) is 364 cm³/mol. The molecule has 0 aromatic heterocycles. The normalized spacial score (nSPS) is 28.1. The summed E-state index contributed by atoms with van der Waals surface area (Å²) in [5.41, 5.74) is 0. The van der Waals surface area contributed by atoms with Crippen molar-refractivity contribution in [1.82, 2.24) is 5.32 Å². The van der Waals surface area contributed by atoms with Gasteiger partial charge in [-0.3, -0.25) is 4.79 Å². The van der Waals surface area contributed by atoms with E-state index in [9.17, 15) is 61.0 Å². The first-order valence-electron chi connectivity index (χ1n) is 36.0. The molecule has 12 N–H and O–H groups in total. The van der Waals surface area contributed by atoms with Crippen molar-refractivity contribution in [2.75, 3.05) is 26.4 Å². The second-order valence-electron chi connectivity index (χ2n) is 25.3. The number of ether oxygens (including phenoxy) is 6. The Morgan fingerprint density at radius 3 is 1.20 bits per heavy atom. The van der Waals surface area contributed by atoms with Crippen LogP contribution in [-0.2, 0) is 33.2 Å². The van der Waals surface area contributed by atoms with Gasteiger partial charge in [-0.2, -0.15) is 0 Å². The lowest BCUT2D eigenvalue weighted by atomic mass is 9.96. The average Bonchev–Trinajstić information content (AvgIpc) is 0.902. The third-order valence-electron chi connectivity index (χ3n) is 17.4. The van der Waals surface area contributed by atoms with Crippen LogP contribution in [0.25, 0.3) is 0 Å². The Morgan fingerprint density at radius 1 is 0.398 bits per heavy atom. The van der Waals surface area contributed by atoms with Crippen molar-refractivity contribution >= 4 is 5.91 Å². The molecule has 17 unspecified atom stereocenters. The highest BCUT2D eigenvalue weighted by Gasteiger charge is 2.53. The number of unbranched alkanes of at least 4 members (excludes halogenated alkanes) is 24. The molecule has 536 valence electrons. The Morgan fingerprint density at radius 2 is 0.753 bits per heavy atom. The molecule has 1 amide bonds. The van der Waals surface area contributed by atoms with Crippen LogP contribution < -0.4 is 5.32 Å². The van der Waals surface area contributed by atoms with Crippen LogP contribution in [0.15, 0.2) is 97.2 Å². The average molecular weight is 1320 g/mol. The van der Waals surface area contributed by atoms with Gasteiger partial charge in [-0.05, 0) is 83.5 Å². The molecule has 19 nitrogen and oxygen atoms in total. The first kappa shape index (κ1) is 83.9. The van der Waals surface area contributed by atoms with Gasteiger partial charge in [-0.1, -0.05) is 239 Å². The van der Waals surface area contributed by atoms with Gasteiger partial charge < -0.3 is 89.9 Å². The molecule has 3 saturated heterocycles. The molecule has 3 rings (SSSR count). The van der Waals surface area contributed by atoms with Crippen LogP contribution in [-0.4, -0.2) is 193 Å². The van der Waals surface area contributed by atoms with E-state index in [1.165, 1.54) is 96.3 Å². The van der Waals surface area contributed by atoms with E-state index in [2.05, 4.69) is 104 Å². The third kappa shape index (κ3) is 36.2. The Labute approximate surface area is 558 Å². The van der Waals surface area contributed by atoms with Crippen LogP contribution in [0.5, 0.6) is 0 Å². The van der Waals surface area contributed by atoms with Gasteiger partial charge >= 0.3 is 0 Å². The molecule has 93 heavy (non-hydrogen) atoms. The molecule has 0 bridgehead atoms. The van der Waals surface area contributed by atoms with Crippen molar-refractivity contribution in [3.05, 3.63) is 97.2 Å². The van der Waals surface area contributed by atoms with Crippen LogP contribution in [0.1, 0.15) is 232 Å². The fraction of sp³-hybridized carbons (Fsp3) is 0.770. The van der Waals surface area contributed by atoms with Gasteiger partial charge in [-0.15, -0.1) is 0 Å². The van der Waals surface area contributed by atoms with E-state index in [-0.39, 0.29) is 18.9 Å². The fourth-order valence-corrected chi connectivity index (χ4v) is 11.6. The second-order valence-corrected chi connectivity index (χ2v) is 25.3. The summed E-state index contributed by atoms with van der Waals surface area (Å²) >= 11 is 0. The Bertz CT molecular complexity index is 2060. The van der Waals surface area contributed by atoms with E-state index in [0.29, 0.717) is 12.8 Å². The molecular formula is C74H127NO18. The summed E-state index contributed by atoms with van der Waals surface area (Å²) in [6.07, 6.45) is 45.2. The van der Waals surface area contributed by atoms with Crippen LogP contribution >= 0.6 is 0 Å². The molecule has 0 radical (unpaired) electrons. The quantitative estimate of drug-likeness (QED) is 0.0199. The molecule has 0 aliphatic carbocycles. The zero-order valence-electron chi connectivity index (χ0n) is 56.7. The van der Waals surface area contributed by atoms with Gasteiger partial charge in [0.25, 0.3) is 0 Å². The molecule has 19 heteroatoms. The van der Waals surface area contributed by atoms with Gasteiger partial charge in [0.15, 0.2) is 18.9 Å². The third-order valence-corrected chi connectivity index (χ3v) is 17.4. The molecule has 3 aliphatic heterocycles. The van der Waals surface area contributed by atoms with Gasteiger partial charge in [0.1, 0.15) is 73.2 Å². The molecule has 3 fully saturated rings. The van der Waals surface area contributed by atoms with Gasteiger partial charge in [0.2, 0.25) is 5.91 Å². The lowest BCUT2D eigenvalue weighted by Crippen LogP contribution is -2.66. The minimum Gasteiger partial charge on any atom is -0.394 e. The summed E-state index contributed by atoms with van der Waals surface area (Å²) in [6.45, 7) is 1.60.